The van der Waals surface area contributed by atoms with Crippen molar-refractivity contribution in [3.05, 3.63) is 29.8 Å². The molecule has 2 fully saturated rings. The summed E-state index contributed by atoms with van der Waals surface area (Å²) in [7, 11) is 0. The second-order valence-electron chi connectivity index (χ2n) is 7.08. The summed E-state index contributed by atoms with van der Waals surface area (Å²) in [6, 6.07) is 9.01. The Hall–Kier alpha value is -2.68. The van der Waals surface area contributed by atoms with Crippen molar-refractivity contribution >= 4 is 23.3 Å². The molecular formula is C20H22N2O4. The number of ketones is 1. The van der Waals surface area contributed by atoms with Crippen LogP contribution in [0, 0.1) is 29.1 Å². The van der Waals surface area contributed by atoms with Crippen LogP contribution in [0.3, 0.4) is 0 Å². The van der Waals surface area contributed by atoms with E-state index in [0.29, 0.717) is 30.7 Å². The number of amides is 1. The molecule has 0 spiro atoms. The van der Waals surface area contributed by atoms with Gasteiger partial charge >= 0.3 is 5.97 Å². The van der Waals surface area contributed by atoms with E-state index in [0.717, 1.165) is 24.8 Å². The standard InChI is InChI=1S/C20H22N2O4/c21-9-8-13-4-6-17(7-5-13)22-18(23)12-26-20(25)16-10-14-2-1-3-15(11-16)19(14)24/h4-7,14-16H,1-3,8,10-12H2,(H,22,23)/t14-,15+,16?. The Morgan fingerprint density at radius 1 is 1.15 bits per heavy atom. The van der Waals surface area contributed by atoms with Crippen LogP contribution in [-0.2, 0) is 25.5 Å². The third-order valence-corrected chi connectivity index (χ3v) is 5.25. The predicted molar refractivity (Wildman–Crippen MR) is 93.9 cm³/mol. The first-order valence-electron chi connectivity index (χ1n) is 9.03. The van der Waals surface area contributed by atoms with E-state index in [4.69, 9.17) is 10.00 Å². The fraction of sp³-hybridized carbons (Fsp3) is 0.500. The molecule has 1 N–H and O–H groups in total. The fourth-order valence-corrected chi connectivity index (χ4v) is 3.92. The van der Waals surface area contributed by atoms with Crippen molar-refractivity contribution in [1.29, 1.82) is 5.26 Å². The van der Waals surface area contributed by atoms with Gasteiger partial charge in [-0.3, -0.25) is 14.4 Å². The number of carbonyl (C=O) groups excluding carboxylic acids is 3. The molecule has 2 aliphatic rings. The van der Waals surface area contributed by atoms with E-state index in [1.54, 1.807) is 24.3 Å². The smallest absolute Gasteiger partial charge is 0.309 e. The molecule has 1 aromatic rings. The first kappa shape index (κ1) is 18.1. The van der Waals surface area contributed by atoms with Crippen LogP contribution in [0.25, 0.3) is 0 Å². The van der Waals surface area contributed by atoms with Gasteiger partial charge in [0.2, 0.25) is 0 Å². The molecule has 1 aromatic carbocycles. The lowest BCUT2D eigenvalue weighted by Gasteiger charge is -2.36. The number of esters is 1. The van der Waals surface area contributed by atoms with Crippen LogP contribution in [0.4, 0.5) is 5.69 Å². The lowest BCUT2D eigenvalue weighted by molar-refractivity contribution is -0.155. The Labute approximate surface area is 152 Å². The summed E-state index contributed by atoms with van der Waals surface area (Å²) < 4.78 is 5.17. The van der Waals surface area contributed by atoms with Crippen molar-refractivity contribution in [2.24, 2.45) is 17.8 Å². The number of anilines is 1. The van der Waals surface area contributed by atoms with Crippen molar-refractivity contribution in [1.82, 2.24) is 0 Å². The summed E-state index contributed by atoms with van der Waals surface area (Å²) >= 11 is 0. The van der Waals surface area contributed by atoms with Crippen LogP contribution in [0.5, 0.6) is 0 Å². The number of carbonyl (C=O) groups is 3. The Balaban J connectivity index is 1.46. The van der Waals surface area contributed by atoms with Gasteiger partial charge in [0.1, 0.15) is 5.78 Å². The molecule has 0 saturated heterocycles. The second kappa shape index (κ2) is 8.13. The third-order valence-electron chi connectivity index (χ3n) is 5.25. The van der Waals surface area contributed by atoms with Crippen LogP contribution in [-0.4, -0.2) is 24.3 Å². The number of rotatable bonds is 5. The molecule has 136 valence electrons. The molecule has 2 bridgehead atoms. The molecule has 1 amide bonds. The van der Waals surface area contributed by atoms with Crippen molar-refractivity contribution < 1.29 is 19.1 Å². The zero-order valence-corrected chi connectivity index (χ0v) is 14.6. The number of nitrogens with one attached hydrogen (secondary N) is 1. The minimum absolute atomic E-state index is 0.0131. The molecule has 0 aromatic heterocycles. The Bertz CT molecular complexity index is 719. The molecule has 0 heterocycles. The van der Waals surface area contributed by atoms with Gasteiger partial charge in [-0.15, -0.1) is 0 Å². The van der Waals surface area contributed by atoms with Gasteiger partial charge in [0.25, 0.3) is 5.91 Å². The lowest BCUT2D eigenvalue weighted by atomic mass is 9.67. The third kappa shape index (κ3) is 4.29. The number of hydrogen-bond donors (Lipinski definition) is 1. The van der Waals surface area contributed by atoms with E-state index < -0.39 is 5.91 Å². The molecule has 0 radical (unpaired) electrons. The van der Waals surface area contributed by atoms with Gasteiger partial charge in [0.05, 0.1) is 18.4 Å². The number of hydrogen-bond acceptors (Lipinski definition) is 5. The Morgan fingerprint density at radius 2 is 1.81 bits per heavy atom. The van der Waals surface area contributed by atoms with Gasteiger partial charge in [0, 0.05) is 17.5 Å². The van der Waals surface area contributed by atoms with Crippen molar-refractivity contribution in [3.8, 4) is 6.07 Å². The highest BCUT2D eigenvalue weighted by molar-refractivity contribution is 5.93. The molecule has 6 heteroatoms. The average molecular weight is 354 g/mol. The summed E-state index contributed by atoms with van der Waals surface area (Å²) in [6.45, 7) is -0.335. The molecule has 26 heavy (non-hydrogen) atoms. The minimum Gasteiger partial charge on any atom is -0.455 e. The number of benzene rings is 1. The van der Waals surface area contributed by atoms with Gasteiger partial charge in [-0.1, -0.05) is 18.6 Å². The zero-order valence-electron chi connectivity index (χ0n) is 14.6. The molecule has 3 atom stereocenters. The fourth-order valence-electron chi connectivity index (χ4n) is 3.92. The first-order valence-corrected chi connectivity index (χ1v) is 9.03. The Kier molecular flexibility index (Phi) is 5.67. The monoisotopic (exact) mass is 354 g/mol. The highest BCUT2D eigenvalue weighted by Gasteiger charge is 2.41. The van der Waals surface area contributed by atoms with Crippen LogP contribution >= 0.6 is 0 Å². The number of nitrogens with zero attached hydrogens (tertiary/aromatic N) is 1. The van der Waals surface area contributed by atoms with Gasteiger partial charge in [-0.05, 0) is 43.4 Å². The zero-order chi connectivity index (χ0) is 18.5. The van der Waals surface area contributed by atoms with Crippen LogP contribution in [0.1, 0.15) is 37.7 Å². The van der Waals surface area contributed by atoms with Crippen LogP contribution in [0.15, 0.2) is 24.3 Å². The highest BCUT2D eigenvalue weighted by atomic mass is 16.5. The minimum atomic E-state index is -0.404. The predicted octanol–water partition coefficient (Wildman–Crippen LogP) is 2.63. The molecule has 2 saturated carbocycles. The highest BCUT2D eigenvalue weighted by Crippen LogP contribution is 2.40. The summed E-state index contributed by atoms with van der Waals surface area (Å²) in [6.07, 6.45) is 4.20. The van der Waals surface area contributed by atoms with E-state index in [2.05, 4.69) is 11.4 Å². The van der Waals surface area contributed by atoms with Gasteiger partial charge in [0.15, 0.2) is 6.61 Å². The van der Waals surface area contributed by atoms with E-state index in [1.807, 2.05) is 0 Å². The number of fused-ring (bicyclic) bond motifs is 2. The van der Waals surface area contributed by atoms with Crippen molar-refractivity contribution in [2.45, 2.75) is 38.5 Å². The first-order chi connectivity index (χ1) is 12.6. The maximum absolute atomic E-state index is 12.3. The molecule has 1 unspecified atom stereocenters. The molecule has 6 nitrogen and oxygen atoms in total. The second-order valence-corrected chi connectivity index (χ2v) is 7.08. The molecule has 3 rings (SSSR count). The maximum Gasteiger partial charge on any atom is 0.309 e. The quantitative estimate of drug-likeness (QED) is 0.820. The number of ether oxygens (including phenoxy) is 1. The van der Waals surface area contributed by atoms with Crippen molar-refractivity contribution in [2.75, 3.05) is 11.9 Å². The number of Topliss-reactive ketones (excluding diaryl/α,β-unsaturated/α-hetero) is 1. The van der Waals surface area contributed by atoms with E-state index in [1.165, 1.54) is 0 Å². The SMILES string of the molecule is N#CCc1ccc(NC(=O)COC(=O)C2C[C@H]3CCC[C@@H](C2)C3=O)cc1. The summed E-state index contributed by atoms with van der Waals surface area (Å²) in [5, 5.41) is 11.3. The van der Waals surface area contributed by atoms with Gasteiger partial charge < -0.3 is 10.1 Å². The van der Waals surface area contributed by atoms with Gasteiger partial charge in [-0.25, -0.2) is 0 Å². The Morgan fingerprint density at radius 3 is 2.42 bits per heavy atom. The topological polar surface area (TPSA) is 96.3 Å². The average Bonchev–Trinajstić information content (AvgIpc) is 2.61. The van der Waals surface area contributed by atoms with E-state index >= 15 is 0 Å². The van der Waals surface area contributed by atoms with Gasteiger partial charge in [-0.2, -0.15) is 5.26 Å². The normalized spacial score (nSPS) is 24.4. The van der Waals surface area contributed by atoms with E-state index in [9.17, 15) is 14.4 Å². The maximum atomic E-state index is 12.3. The number of nitriles is 1. The lowest BCUT2D eigenvalue weighted by Crippen LogP contribution is -2.40. The summed E-state index contributed by atoms with van der Waals surface area (Å²) in [5.74, 6) is -0.784. The van der Waals surface area contributed by atoms with Crippen molar-refractivity contribution in [3.63, 3.8) is 0 Å². The summed E-state index contributed by atoms with van der Waals surface area (Å²) in [5.41, 5.74) is 1.46. The van der Waals surface area contributed by atoms with E-state index in [-0.39, 0.29) is 30.3 Å². The largest absolute Gasteiger partial charge is 0.455 e. The molecular weight excluding hydrogens is 332 g/mol. The van der Waals surface area contributed by atoms with Crippen LogP contribution < -0.4 is 5.32 Å². The van der Waals surface area contributed by atoms with Crippen LogP contribution in [0.2, 0.25) is 0 Å². The summed E-state index contributed by atoms with van der Waals surface area (Å²) in [4.78, 5) is 36.3. The molecule has 0 aliphatic heterocycles. The molecule has 2 aliphatic carbocycles.